The second kappa shape index (κ2) is 5.38. The van der Waals surface area contributed by atoms with E-state index in [0.29, 0.717) is 12.6 Å². The van der Waals surface area contributed by atoms with Gasteiger partial charge in [0.2, 0.25) is 0 Å². The lowest BCUT2D eigenvalue weighted by atomic mass is 10.1. The van der Waals surface area contributed by atoms with Crippen LogP contribution >= 0.6 is 0 Å². The minimum absolute atomic E-state index is 0.0141. The van der Waals surface area contributed by atoms with Crippen molar-refractivity contribution in [1.82, 2.24) is 10.2 Å². The van der Waals surface area contributed by atoms with Gasteiger partial charge in [-0.1, -0.05) is 12.1 Å². The van der Waals surface area contributed by atoms with Crippen LogP contribution in [-0.2, 0) is 6.54 Å². The predicted molar refractivity (Wildman–Crippen MR) is 67.1 cm³/mol. The fraction of sp³-hybridized carbons (Fsp3) is 0.538. The summed E-state index contributed by atoms with van der Waals surface area (Å²) in [6.45, 7) is 2.68. The van der Waals surface area contributed by atoms with Gasteiger partial charge in [-0.05, 0) is 32.5 Å². The highest BCUT2D eigenvalue weighted by Gasteiger charge is 2.20. The molecule has 0 bridgehead atoms. The molecule has 1 aliphatic heterocycles. The third-order valence-electron chi connectivity index (χ3n) is 3.47. The molecule has 4 heteroatoms. The zero-order chi connectivity index (χ0) is 12.3. The van der Waals surface area contributed by atoms with E-state index < -0.39 is 0 Å². The number of likely N-dealkylation sites (N-methyl/N-ethyl adjacent to an activating group) is 1. The minimum Gasteiger partial charge on any atom is -0.504 e. The summed E-state index contributed by atoms with van der Waals surface area (Å²) in [5.74, 6) is -0.0675. The van der Waals surface area contributed by atoms with Crippen molar-refractivity contribution in [3.05, 3.63) is 23.8 Å². The number of aromatic hydroxyl groups is 2. The van der Waals surface area contributed by atoms with E-state index in [1.165, 1.54) is 25.5 Å². The quantitative estimate of drug-likeness (QED) is 0.689. The van der Waals surface area contributed by atoms with E-state index in [9.17, 15) is 10.2 Å². The normalized spacial score (nSPS) is 20.9. The molecule has 0 aromatic heterocycles. The summed E-state index contributed by atoms with van der Waals surface area (Å²) in [5, 5.41) is 22.3. The Hall–Kier alpha value is -1.26. The molecule has 4 nitrogen and oxygen atoms in total. The molecule has 1 heterocycles. The van der Waals surface area contributed by atoms with Crippen molar-refractivity contribution in [1.29, 1.82) is 0 Å². The van der Waals surface area contributed by atoms with Gasteiger partial charge in [0, 0.05) is 24.7 Å². The highest BCUT2D eigenvalue weighted by atomic mass is 16.3. The average molecular weight is 236 g/mol. The van der Waals surface area contributed by atoms with Crippen LogP contribution in [0.3, 0.4) is 0 Å². The van der Waals surface area contributed by atoms with Crippen molar-refractivity contribution < 1.29 is 10.2 Å². The molecule has 0 aliphatic carbocycles. The number of hydrogen-bond donors (Lipinski definition) is 3. The lowest BCUT2D eigenvalue weighted by Gasteiger charge is -2.19. The van der Waals surface area contributed by atoms with E-state index in [4.69, 9.17) is 0 Å². The van der Waals surface area contributed by atoms with Gasteiger partial charge in [-0.2, -0.15) is 0 Å². The van der Waals surface area contributed by atoms with Crippen molar-refractivity contribution in [3.63, 3.8) is 0 Å². The lowest BCUT2D eigenvalue weighted by molar-refractivity contribution is 0.299. The molecule has 3 N–H and O–H groups in total. The summed E-state index contributed by atoms with van der Waals surface area (Å²) in [4.78, 5) is 2.36. The Morgan fingerprint density at radius 3 is 2.94 bits per heavy atom. The van der Waals surface area contributed by atoms with Crippen molar-refractivity contribution in [2.45, 2.75) is 25.4 Å². The first kappa shape index (κ1) is 12.2. The number of hydrogen-bond acceptors (Lipinski definition) is 4. The van der Waals surface area contributed by atoms with Crippen molar-refractivity contribution >= 4 is 0 Å². The molecule has 0 saturated carbocycles. The Labute approximate surface area is 102 Å². The maximum absolute atomic E-state index is 9.64. The number of nitrogens with zero attached hydrogens (tertiary/aromatic N) is 1. The summed E-state index contributed by atoms with van der Waals surface area (Å²) in [5.41, 5.74) is 0.741. The molecule has 0 spiro atoms. The molecule has 1 aromatic carbocycles. The topological polar surface area (TPSA) is 55.7 Å². The van der Waals surface area contributed by atoms with E-state index in [1.807, 2.05) is 6.07 Å². The first-order valence-electron chi connectivity index (χ1n) is 6.09. The predicted octanol–water partition coefficient (Wildman–Crippen LogP) is 1.28. The second-order valence-corrected chi connectivity index (χ2v) is 4.69. The molecule has 2 rings (SSSR count). The smallest absolute Gasteiger partial charge is 0.161 e. The fourth-order valence-electron chi connectivity index (χ4n) is 2.33. The average Bonchev–Trinajstić information content (AvgIpc) is 2.71. The number of nitrogens with one attached hydrogen (secondary N) is 1. The first-order valence-corrected chi connectivity index (χ1v) is 6.09. The van der Waals surface area contributed by atoms with E-state index in [1.54, 1.807) is 6.07 Å². The molecule has 1 saturated heterocycles. The first-order chi connectivity index (χ1) is 8.18. The van der Waals surface area contributed by atoms with Crippen LogP contribution in [0.2, 0.25) is 0 Å². The minimum atomic E-state index is -0.0534. The number of phenols is 2. The van der Waals surface area contributed by atoms with Gasteiger partial charge in [0.15, 0.2) is 11.5 Å². The number of para-hydroxylation sites is 1. The third-order valence-corrected chi connectivity index (χ3v) is 3.47. The van der Waals surface area contributed by atoms with Crippen LogP contribution in [-0.4, -0.2) is 41.3 Å². The standard InChI is InChI=1S/C13H20N2O2/c1-15-7-3-5-11(15)9-14-8-10-4-2-6-12(16)13(10)17/h2,4,6,11,14,16-17H,3,5,7-9H2,1H3. The summed E-state index contributed by atoms with van der Waals surface area (Å²) in [6, 6.07) is 5.65. The highest BCUT2D eigenvalue weighted by molar-refractivity contribution is 5.44. The molecule has 1 aromatic rings. The third kappa shape index (κ3) is 2.90. The van der Waals surface area contributed by atoms with Gasteiger partial charge in [0.25, 0.3) is 0 Å². The molecule has 94 valence electrons. The molecule has 0 radical (unpaired) electrons. The Balaban J connectivity index is 1.84. The van der Waals surface area contributed by atoms with Crippen molar-refractivity contribution in [2.75, 3.05) is 20.1 Å². The van der Waals surface area contributed by atoms with Crippen LogP contribution in [0.5, 0.6) is 11.5 Å². The van der Waals surface area contributed by atoms with Crippen LogP contribution in [0.4, 0.5) is 0 Å². The van der Waals surface area contributed by atoms with Crippen molar-refractivity contribution in [2.24, 2.45) is 0 Å². The van der Waals surface area contributed by atoms with E-state index in [2.05, 4.69) is 17.3 Å². The summed E-state index contributed by atoms with van der Waals surface area (Å²) in [6.07, 6.45) is 2.50. The van der Waals surface area contributed by atoms with Crippen LogP contribution < -0.4 is 5.32 Å². The van der Waals surface area contributed by atoms with Crippen LogP contribution in [0.25, 0.3) is 0 Å². The summed E-state index contributed by atoms with van der Waals surface area (Å²) in [7, 11) is 2.14. The molecule has 0 amide bonds. The van der Waals surface area contributed by atoms with Crippen LogP contribution in [0.1, 0.15) is 18.4 Å². The molecule has 1 fully saturated rings. The largest absolute Gasteiger partial charge is 0.504 e. The van der Waals surface area contributed by atoms with Crippen LogP contribution in [0, 0.1) is 0 Å². The SMILES string of the molecule is CN1CCCC1CNCc1cccc(O)c1O. The Bertz CT molecular complexity index is 382. The molecular weight excluding hydrogens is 216 g/mol. The maximum atomic E-state index is 9.64. The number of benzene rings is 1. The fourth-order valence-corrected chi connectivity index (χ4v) is 2.33. The zero-order valence-electron chi connectivity index (χ0n) is 10.2. The summed E-state index contributed by atoms with van der Waals surface area (Å²) >= 11 is 0. The van der Waals surface area contributed by atoms with E-state index in [-0.39, 0.29) is 11.5 Å². The number of likely N-dealkylation sites (tertiary alicyclic amines) is 1. The van der Waals surface area contributed by atoms with Gasteiger partial charge in [0.1, 0.15) is 0 Å². The lowest BCUT2D eigenvalue weighted by Crippen LogP contribution is -2.35. The summed E-state index contributed by atoms with van der Waals surface area (Å²) < 4.78 is 0. The Morgan fingerprint density at radius 1 is 1.41 bits per heavy atom. The van der Waals surface area contributed by atoms with Crippen molar-refractivity contribution in [3.8, 4) is 11.5 Å². The molecule has 1 unspecified atom stereocenters. The van der Waals surface area contributed by atoms with E-state index in [0.717, 1.165) is 12.1 Å². The van der Waals surface area contributed by atoms with Gasteiger partial charge in [-0.15, -0.1) is 0 Å². The monoisotopic (exact) mass is 236 g/mol. The zero-order valence-corrected chi connectivity index (χ0v) is 10.2. The molecular formula is C13H20N2O2. The highest BCUT2D eigenvalue weighted by Crippen LogP contribution is 2.27. The van der Waals surface area contributed by atoms with Gasteiger partial charge in [-0.25, -0.2) is 0 Å². The Kier molecular flexibility index (Phi) is 3.86. The van der Waals surface area contributed by atoms with Gasteiger partial charge in [-0.3, -0.25) is 0 Å². The molecule has 17 heavy (non-hydrogen) atoms. The Morgan fingerprint density at radius 2 is 2.24 bits per heavy atom. The van der Waals surface area contributed by atoms with E-state index >= 15 is 0 Å². The van der Waals surface area contributed by atoms with Crippen LogP contribution in [0.15, 0.2) is 18.2 Å². The number of phenolic OH excluding ortho intramolecular Hbond substituents is 2. The van der Waals surface area contributed by atoms with Gasteiger partial charge < -0.3 is 20.4 Å². The van der Waals surface area contributed by atoms with Gasteiger partial charge in [0.05, 0.1) is 0 Å². The maximum Gasteiger partial charge on any atom is 0.161 e. The molecule has 1 aliphatic rings. The molecule has 1 atom stereocenters. The number of rotatable bonds is 4. The second-order valence-electron chi connectivity index (χ2n) is 4.69. The van der Waals surface area contributed by atoms with Gasteiger partial charge >= 0.3 is 0 Å².